The summed E-state index contributed by atoms with van der Waals surface area (Å²) in [5.74, 6) is -0.381. The van der Waals surface area contributed by atoms with Gasteiger partial charge in [0.05, 0.1) is 17.4 Å². The van der Waals surface area contributed by atoms with E-state index < -0.39 is 16.6 Å². The molecule has 1 saturated heterocycles. The van der Waals surface area contributed by atoms with Gasteiger partial charge in [0.25, 0.3) is 0 Å². The Morgan fingerprint density at radius 2 is 1.75 bits per heavy atom. The summed E-state index contributed by atoms with van der Waals surface area (Å²) in [5.41, 5.74) is -2.09. The lowest BCUT2D eigenvalue weighted by molar-refractivity contribution is -0.167. The summed E-state index contributed by atoms with van der Waals surface area (Å²) < 4.78 is 10.7. The average molecular weight is 341 g/mol. The zero-order valence-electron chi connectivity index (χ0n) is 15.4. The standard InChI is InChI=1S/C18H31NO5/c1-16(2,3)24-14(20)12-17(6-5-7-17)15(21)19(4)13-18(22)8-10-23-11-9-18/h22H,5-13H2,1-4H3. The second kappa shape index (κ2) is 7.00. The lowest BCUT2D eigenvalue weighted by Gasteiger charge is -2.44. The largest absolute Gasteiger partial charge is 0.460 e. The van der Waals surface area contributed by atoms with E-state index in [9.17, 15) is 14.7 Å². The number of nitrogens with zero attached hydrogens (tertiary/aromatic N) is 1. The molecule has 6 heteroatoms. The third-order valence-corrected chi connectivity index (χ3v) is 4.97. The van der Waals surface area contributed by atoms with Crippen molar-refractivity contribution in [3.63, 3.8) is 0 Å². The molecule has 2 aliphatic rings. The first-order valence-electron chi connectivity index (χ1n) is 8.83. The fourth-order valence-electron chi connectivity index (χ4n) is 3.55. The number of amides is 1. The molecule has 1 saturated carbocycles. The number of carbonyl (C=O) groups is 2. The maximum Gasteiger partial charge on any atom is 0.307 e. The fraction of sp³-hybridized carbons (Fsp3) is 0.889. The highest BCUT2D eigenvalue weighted by Crippen LogP contribution is 2.46. The molecule has 0 unspecified atom stereocenters. The van der Waals surface area contributed by atoms with Gasteiger partial charge in [0.1, 0.15) is 5.60 Å². The molecule has 0 atom stereocenters. The molecule has 0 aromatic carbocycles. The van der Waals surface area contributed by atoms with Gasteiger partial charge < -0.3 is 19.5 Å². The fourth-order valence-corrected chi connectivity index (χ4v) is 3.55. The van der Waals surface area contributed by atoms with Gasteiger partial charge in [0, 0.05) is 39.6 Å². The van der Waals surface area contributed by atoms with Crippen molar-refractivity contribution in [3.05, 3.63) is 0 Å². The smallest absolute Gasteiger partial charge is 0.307 e. The van der Waals surface area contributed by atoms with Crippen molar-refractivity contribution in [1.82, 2.24) is 4.90 Å². The molecule has 2 fully saturated rings. The molecule has 138 valence electrons. The number of aliphatic hydroxyl groups is 1. The maximum atomic E-state index is 12.9. The van der Waals surface area contributed by atoms with Gasteiger partial charge in [-0.25, -0.2) is 0 Å². The molecule has 1 heterocycles. The van der Waals surface area contributed by atoms with Crippen molar-refractivity contribution in [2.24, 2.45) is 5.41 Å². The SMILES string of the molecule is CN(CC1(O)CCOCC1)C(=O)C1(CC(=O)OC(C)(C)C)CCC1. The Hall–Kier alpha value is -1.14. The Morgan fingerprint density at radius 1 is 1.17 bits per heavy atom. The first-order valence-corrected chi connectivity index (χ1v) is 8.83. The lowest BCUT2D eigenvalue weighted by Crippen LogP contribution is -2.53. The van der Waals surface area contributed by atoms with E-state index in [0.29, 0.717) is 38.9 Å². The molecule has 1 N–H and O–H groups in total. The van der Waals surface area contributed by atoms with Gasteiger partial charge in [-0.2, -0.15) is 0 Å². The highest BCUT2D eigenvalue weighted by Gasteiger charge is 2.48. The van der Waals surface area contributed by atoms with Crippen LogP contribution in [0.2, 0.25) is 0 Å². The van der Waals surface area contributed by atoms with Gasteiger partial charge >= 0.3 is 5.97 Å². The first kappa shape index (κ1) is 19.2. The van der Waals surface area contributed by atoms with E-state index in [1.165, 1.54) is 0 Å². The molecular formula is C18H31NO5. The van der Waals surface area contributed by atoms with Crippen molar-refractivity contribution in [1.29, 1.82) is 0 Å². The summed E-state index contributed by atoms with van der Waals surface area (Å²) in [6.07, 6.45) is 3.54. The van der Waals surface area contributed by atoms with Gasteiger partial charge in [-0.15, -0.1) is 0 Å². The number of rotatable bonds is 5. The molecular weight excluding hydrogens is 310 g/mol. The molecule has 6 nitrogen and oxygen atoms in total. The molecule has 0 aromatic heterocycles. The highest BCUT2D eigenvalue weighted by atomic mass is 16.6. The molecule has 1 amide bonds. The van der Waals surface area contributed by atoms with Crippen LogP contribution < -0.4 is 0 Å². The molecule has 0 spiro atoms. The van der Waals surface area contributed by atoms with Crippen LogP contribution in [0, 0.1) is 5.41 Å². The predicted octanol–water partition coefficient (Wildman–Crippen LogP) is 1.89. The van der Waals surface area contributed by atoms with Crippen LogP contribution in [0.4, 0.5) is 0 Å². The van der Waals surface area contributed by atoms with Gasteiger partial charge in [-0.05, 0) is 33.6 Å². The van der Waals surface area contributed by atoms with Gasteiger partial charge in [-0.3, -0.25) is 9.59 Å². The number of likely N-dealkylation sites (N-methyl/N-ethyl adjacent to an activating group) is 1. The molecule has 1 aliphatic heterocycles. The summed E-state index contributed by atoms with van der Waals surface area (Å²) in [6.45, 7) is 6.79. The van der Waals surface area contributed by atoms with Crippen LogP contribution in [0.15, 0.2) is 0 Å². The number of hydrogen-bond donors (Lipinski definition) is 1. The van der Waals surface area contributed by atoms with Crippen molar-refractivity contribution < 1.29 is 24.2 Å². The van der Waals surface area contributed by atoms with E-state index in [4.69, 9.17) is 9.47 Å². The van der Waals surface area contributed by atoms with Crippen LogP contribution in [0.5, 0.6) is 0 Å². The zero-order valence-corrected chi connectivity index (χ0v) is 15.4. The van der Waals surface area contributed by atoms with Crippen molar-refractivity contribution in [2.45, 2.75) is 70.5 Å². The van der Waals surface area contributed by atoms with Crippen molar-refractivity contribution in [2.75, 3.05) is 26.8 Å². The predicted molar refractivity (Wildman–Crippen MR) is 89.4 cm³/mol. The Kier molecular flexibility index (Phi) is 5.60. The first-order chi connectivity index (χ1) is 11.1. The number of hydrogen-bond acceptors (Lipinski definition) is 5. The van der Waals surface area contributed by atoms with E-state index in [-0.39, 0.29) is 24.8 Å². The third-order valence-electron chi connectivity index (χ3n) is 4.97. The third kappa shape index (κ3) is 4.70. The van der Waals surface area contributed by atoms with Crippen LogP contribution in [0.1, 0.15) is 59.3 Å². The summed E-state index contributed by atoms with van der Waals surface area (Å²) in [4.78, 5) is 26.7. The summed E-state index contributed by atoms with van der Waals surface area (Å²) in [7, 11) is 1.71. The minimum atomic E-state index is -0.889. The molecule has 2 rings (SSSR count). The van der Waals surface area contributed by atoms with Crippen molar-refractivity contribution >= 4 is 11.9 Å². The molecule has 0 bridgehead atoms. The van der Waals surface area contributed by atoms with E-state index in [0.717, 1.165) is 6.42 Å². The maximum absolute atomic E-state index is 12.9. The van der Waals surface area contributed by atoms with Crippen LogP contribution in [0.25, 0.3) is 0 Å². The zero-order chi connectivity index (χ0) is 18.0. The molecule has 0 aromatic rings. The average Bonchev–Trinajstić information content (AvgIpc) is 2.40. The number of carbonyl (C=O) groups excluding carboxylic acids is 2. The topological polar surface area (TPSA) is 76.1 Å². The Labute approximate surface area is 144 Å². The van der Waals surface area contributed by atoms with Gasteiger partial charge in [-0.1, -0.05) is 6.42 Å². The Balaban J connectivity index is 1.98. The van der Waals surface area contributed by atoms with Crippen LogP contribution in [-0.2, 0) is 19.1 Å². The Bertz CT molecular complexity index is 472. The summed E-state index contributed by atoms with van der Waals surface area (Å²) in [6, 6.07) is 0. The van der Waals surface area contributed by atoms with Gasteiger partial charge in [0.2, 0.25) is 5.91 Å². The summed E-state index contributed by atoms with van der Waals surface area (Å²) >= 11 is 0. The van der Waals surface area contributed by atoms with Crippen molar-refractivity contribution in [3.8, 4) is 0 Å². The van der Waals surface area contributed by atoms with E-state index in [2.05, 4.69) is 0 Å². The minimum Gasteiger partial charge on any atom is -0.460 e. The normalized spacial score (nSPS) is 22.4. The number of esters is 1. The second-order valence-corrected chi connectivity index (χ2v) is 8.40. The van der Waals surface area contributed by atoms with E-state index in [1.54, 1.807) is 11.9 Å². The molecule has 1 aliphatic carbocycles. The molecule has 24 heavy (non-hydrogen) atoms. The second-order valence-electron chi connectivity index (χ2n) is 8.40. The van der Waals surface area contributed by atoms with E-state index in [1.807, 2.05) is 20.8 Å². The lowest BCUT2D eigenvalue weighted by atomic mass is 9.65. The monoisotopic (exact) mass is 341 g/mol. The molecule has 0 radical (unpaired) electrons. The Morgan fingerprint density at radius 3 is 2.21 bits per heavy atom. The number of ether oxygens (including phenoxy) is 2. The van der Waals surface area contributed by atoms with Crippen LogP contribution >= 0.6 is 0 Å². The van der Waals surface area contributed by atoms with E-state index >= 15 is 0 Å². The minimum absolute atomic E-state index is 0.0560. The van der Waals surface area contributed by atoms with Crippen LogP contribution in [0.3, 0.4) is 0 Å². The quantitative estimate of drug-likeness (QED) is 0.773. The van der Waals surface area contributed by atoms with Crippen LogP contribution in [-0.4, -0.2) is 59.9 Å². The van der Waals surface area contributed by atoms with Gasteiger partial charge in [0.15, 0.2) is 0 Å². The highest BCUT2D eigenvalue weighted by molar-refractivity contribution is 5.88. The summed E-state index contributed by atoms with van der Waals surface area (Å²) in [5, 5.41) is 10.6.